The van der Waals surface area contributed by atoms with Gasteiger partial charge in [-0.2, -0.15) is 0 Å². The van der Waals surface area contributed by atoms with Crippen LogP contribution in [0.25, 0.3) is 0 Å². The van der Waals surface area contributed by atoms with Gasteiger partial charge in [-0.05, 0) is 34.7 Å². The van der Waals surface area contributed by atoms with Crippen molar-refractivity contribution in [3.63, 3.8) is 0 Å². The molecule has 316 valence electrons. The zero-order chi connectivity index (χ0) is 41.4. The quantitative estimate of drug-likeness (QED) is 0.0735. The lowest BCUT2D eigenvalue weighted by Gasteiger charge is -2.49. The van der Waals surface area contributed by atoms with E-state index in [0.717, 1.165) is 27.8 Å². The van der Waals surface area contributed by atoms with E-state index in [2.05, 4.69) is 6.58 Å². The molecular formula is C50H56O10. The van der Waals surface area contributed by atoms with Crippen molar-refractivity contribution in [1.82, 2.24) is 0 Å². The maximum absolute atomic E-state index is 12.0. The topological polar surface area (TPSA) is 103 Å². The van der Waals surface area contributed by atoms with Gasteiger partial charge in [-0.1, -0.05) is 158 Å². The fourth-order valence-corrected chi connectivity index (χ4v) is 7.45. The third-order valence-electron chi connectivity index (χ3n) is 10.5. The second-order valence-corrected chi connectivity index (χ2v) is 15.0. The predicted molar refractivity (Wildman–Crippen MR) is 226 cm³/mol. The second kappa shape index (κ2) is 22.9. The van der Waals surface area contributed by atoms with Gasteiger partial charge in [-0.3, -0.25) is 0 Å². The highest BCUT2D eigenvalue weighted by Gasteiger charge is 2.53. The van der Waals surface area contributed by atoms with Gasteiger partial charge in [0.05, 0.1) is 52.4 Å². The van der Waals surface area contributed by atoms with Crippen LogP contribution in [0.4, 0.5) is 0 Å². The Morgan fingerprint density at radius 2 is 0.900 bits per heavy atom. The Morgan fingerprint density at radius 3 is 1.37 bits per heavy atom. The number of hydrogen-bond acceptors (Lipinski definition) is 10. The summed E-state index contributed by atoms with van der Waals surface area (Å²) in [5.41, 5.74) is 4.91. The minimum atomic E-state index is -1.27. The van der Waals surface area contributed by atoms with E-state index in [1.165, 1.54) is 0 Å². The fourth-order valence-electron chi connectivity index (χ4n) is 7.45. The summed E-state index contributed by atoms with van der Waals surface area (Å²) in [5, 5.41) is 12.0. The molecule has 0 saturated carbocycles. The van der Waals surface area contributed by atoms with Crippen LogP contribution in [0.2, 0.25) is 0 Å². The molecule has 0 aliphatic carbocycles. The first-order valence-corrected chi connectivity index (χ1v) is 20.7. The molecule has 10 heteroatoms. The second-order valence-electron chi connectivity index (χ2n) is 15.0. The number of ether oxygens (including phenoxy) is 9. The Kier molecular flexibility index (Phi) is 16.6. The third-order valence-corrected chi connectivity index (χ3v) is 10.5. The van der Waals surface area contributed by atoms with Crippen molar-refractivity contribution in [1.29, 1.82) is 0 Å². The normalized spacial score (nSPS) is 26.7. The van der Waals surface area contributed by atoms with Gasteiger partial charge in [-0.25, -0.2) is 0 Å². The summed E-state index contributed by atoms with van der Waals surface area (Å²) < 4.78 is 59.7. The maximum atomic E-state index is 12.0. The van der Waals surface area contributed by atoms with Crippen LogP contribution in [-0.4, -0.2) is 79.7 Å². The number of rotatable bonds is 21. The van der Waals surface area contributed by atoms with Crippen LogP contribution < -0.4 is 0 Å². The van der Waals surface area contributed by atoms with Crippen molar-refractivity contribution >= 4 is 0 Å². The minimum Gasteiger partial charge on any atom is -0.385 e. The largest absolute Gasteiger partial charge is 0.385 e. The first-order chi connectivity index (χ1) is 29.6. The Labute approximate surface area is 353 Å². The first-order valence-electron chi connectivity index (χ1n) is 20.7. The summed E-state index contributed by atoms with van der Waals surface area (Å²) in [7, 11) is 0. The van der Waals surface area contributed by atoms with Crippen molar-refractivity contribution in [3.8, 4) is 0 Å². The van der Waals surface area contributed by atoms with Crippen LogP contribution in [0.1, 0.15) is 34.7 Å². The minimum absolute atomic E-state index is 0.149. The lowest BCUT2D eigenvalue weighted by Crippen LogP contribution is -2.65. The van der Waals surface area contributed by atoms with Gasteiger partial charge in [0.15, 0.2) is 12.6 Å². The van der Waals surface area contributed by atoms with Crippen molar-refractivity contribution in [3.05, 3.63) is 192 Å². The molecule has 0 radical (unpaired) electrons. The molecule has 1 N–H and O–H groups in total. The Balaban J connectivity index is 1.24. The van der Waals surface area contributed by atoms with Crippen LogP contribution in [0, 0.1) is 0 Å². The Hall–Kier alpha value is -4.56. The molecule has 0 aromatic heterocycles. The fraction of sp³-hybridized carbons (Fsp3) is 0.360. The molecule has 10 nitrogen and oxygen atoms in total. The molecule has 2 saturated heterocycles. The molecular weight excluding hydrogens is 761 g/mol. The first kappa shape index (κ1) is 43.5. The summed E-state index contributed by atoms with van der Waals surface area (Å²) in [5.74, 6) is 0. The molecule has 2 aliphatic rings. The van der Waals surface area contributed by atoms with Crippen LogP contribution >= 0.6 is 0 Å². The summed E-state index contributed by atoms with van der Waals surface area (Å²) in [6.07, 6.45) is -6.98. The van der Waals surface area contributed by atoms with Crippen molar-refractivity contribution in [2.45, 2.75) is 101 Å². The monoisotopic (exact) mass is 816 g/mol. The van der Waals surface area contributed by atoms with E-state index in [-0.39, 0.29) is 33.0 Å². The molecule has 2 heterocycles. The van der Waals surface area contributed by atoms with Gasteiger partial charge in [0, 0.05) is 0 Å². The van der Waals surface area contributed by atoms with Crippen molar-refractivity contribution in [2.24, 2.45) is 0 Å². The van der Waals surface area contributed by atoms with Crippen molar-refractivity contribution < 1.29 is 47.7 Å². The third kappa shape index (κ3) is 12.3. The Bertz CT molecular complexity index is 1940. The molecule has 5 aromatic carbocycles. The average Bonchev–Trinajstić information content (AvgIpc) is 3.29. The molecule has 60 heavy (non-hydrogen) atoms. The highest BCUT2D eigenvalue weighted by molar-refractivity contribution is 5.17. The zero-order valence-corrected chi connectivity index (χ0v) is 34.1. The molecule has 10 atom stereocenters. The van der Waals surface area contributed by atoms with Crippen LogP contribution in [-0.2, 0) is 75.7 Å². The molecule has 0 unspecified atom stereocenters. The van der Waals surface area contributed by atoms with Gasteiger partial charge in [-0.15, -0.1) is 6.58 Å². The number of hydrogen-bond donors (Lipinski definition) is 1. The molecule has 7 rings (SSSR count). The van der Waals surface area contributed by atoms with E-state index in [1.807, 2.05) is 159 Å². The molecule has 2 aliphatic heterocycles. The van der Waals surface area contributed by atoms with E-state index in [4.69, 9.17) is 42.6 Å². The number of benzene rings is 5. The summed E-state index contributed by atoms with van der Waals surface area (Å²) in [4.78, 5) is 0. The molecule has 5 aromatic rings. The van der Waals surface area contributed by atoms with Gasteiger partial charge in [0.1, 0.15) is 42.7 Å². The molecule has 0 amide bonds. The van der Waals surface area contributed by atoms with Crippen LogP contribution in [0.5, 0.6) is 0 Å². The van der Waals surface area contributed by atoms with Gasteiger partial charge in [0.2, 0.25) is 0 Å². The van der Waals surface area contributed by atoms with Gasteiger partial charge >= 0.3 is 0 Å². The predicted octanol–water partition coefficient (Wildman–Crippen LogP) is 7.96. The average molecular weight is 817 g/mol. The summed E-state index contributed by atoms with van der Waals surface area (Å²) >= 11 is 0. The van der Waals surface area contributed by atoms with Crippen molar-refractivity contribution in [2.75, 3.05) is 13.2 Å². The Morgan fingerprint density at radius 1 is 0.483 bits per heavy atom. The smallest absolute Gasteiger partial charge is 0.187 e. The zero-order valence-electron chi connectivity index (χ0n) is 34.1. The van der Waals surface area contributed by atoms with Gasteiger partial charge < -0.3 is 47.7 Å². The summed E-state index contributed by atoms with van der Waals surface area (Å²) in [6, 6.07) is 49.7. The van der Waals surface area contributed by atoms with E-state index < -0.39 is 61.4 Å². The lowest BCUT2D eigenvalue weighted by molar-refractivity contribution is -0.371. The number of aliphatic hydroxyl groups excluding tert-OH is 1. The van der Waals surface area contributed by atoms with Crippen LogP contribution in [0.3, 0.4) is 0 Å². The maximum Gasteiger partial charge on any atom is 0.187 e. The van der Waals surface area contributed by atoms with E-state index >= 15 is 0 Å². The van der Waals surface area contributed by atoms with E-state index in [9.17, 15) is 5.11 Å². The highest BCUT2D eigenvalue weighted by atomic mass is 16.8. The SMILES string of the molecule is C=CCO[C@@H]1O[C@@H](C)[C@H](OCc2ccccc2)[C@@H](O[C@H]2O[C@H](COCc3ccccc3)[C@@H](OCc3ccccc3)[C@H](OCc3ccccc3)[C@H]2OCc2ccccc2)[C@H]1O. The molecule has 0 spiro atoms. The standard InChI is InChI=1S/C50H56O10/c1-3-29-53-49-43(51)46(44(36(2)58-49)54-31-38-21-11-5-12-22-38)60-50-48(57-34-41-27-17-8-18-28-41)47(56-33-40-25-15-7-16-26-40)45(55-32-39-23-13-6-14-24-39)42(59-50)35-52-30-37-19-9-4-10-20-37/h3-28,36,42-51H,1,29-35H2,2H3/t36-,42+,43+,44-,45+,46-,47-,48+,49+,50+/m0/s1. The highest BCUT2D eigenvalue weighted by Crippen LogP contribution is 2.35. The van der Waals surface area contributed by atoms with E-state index in [1.54, 1.807) is 6.08 Å². The molecule has 0 bridgehead atoms. The number of aliphatic hydroxyl groups is 1. The van der Waals surface area contributed by atoms with Crippen LogP contribution in [0.15, 0.2) is 164 Å². The molecule has 2 fully saturated rings. The summed E-state index contributed by atoms with van der Waals surface area (Å²) in [6.45, 7) is 7.38. The van der Waals surface area contributed by atoms with Gasteiger partial charge in [0.25, 0.3) is 0 Å². The van der Waals surface area contributed by atoms with E-state index in [0.29, 0.717) is 13.2 Å². The lowest BCUT2D eigenvalue weighted by atomic mass is 9.96.